The molecule has 1 aromatic heterocycles. The van der Waals surface area contributed by atoms with E-state index in [1.807, 2.05) is 30.4 Å². The van der Waals surface area contributed by atoms with Crippen LogP contribution in [0.15, 0.2) is 30.3 Å². The molecule has 0 N–H and O–H groups in total. The summed E-state index contributed by atoms with van der Waals surface area (Å²) in [6.07, 6.45) is 3.33. The Labute approximate surface area is 168 Å². The van der Waals surface area contributed by atoms with E-state index in [0.717, 1.165) is 57.2 Å². The molecule has 28 heavy (non-hydrogen) atoms. The summed E-state index contributed by atoms with van der Waals surface area (Å²) in [6.45, 7) is 11.3. The van der Waals surface area contributed by atoms with Gasteiger partial charge in [0.05, 0.1) is 12.5 Å². The van der Waals surface area contributed by atoms with Gasteiger partial charge in [0.2, 0.25) is 5.91 Å². The number of hydrogen-bond donors (Lipinski definition) is 0. The second kappa shape index (κ2) is 9.82. The number of aromatic nitrogens is 3. The van der Waals surface area contributed by atoms with E-state index in [4.69, 9.17) is 0 Å². The average Bonchev–Trinajstić information content (AvgIpc) is 2.86. The lowest BCUT2D eigenvalue weighted by atomic mass is 10.1. The van der Waals surface area contributed by atoms with Crippen molar-refractivity contribution in [3.05, 3.63) is 47.5 Å². The van der Waals surface area contributed by atoms with Gasteiger partial charge in [0.15, 0.2) is 0 Å². The van der Waals surface area contributed by atoms with Crippen LogP contribution in [0.5, 0.6) is 0 Å². The Kier molecular flexibility index (Phi) is 7.20. The Hall–Kier alpha value is -2.21. The number of aryl methyl sites for hydroxylation is 3. The number of carbonyl (C=O) groups is 1. The first-order valence-electron chi connectivity index (χ1n) is 10.5. The van der Waals surface area contributed by atoms with Gasteiger partial charge in [0.1, 0.15) is 11.6 Å². The molecule has 1 atom stereocenters. The molecular weight excluding hydrogens is 350 g/mol. The SMILES string of the molecule is Cc1nc(C)n(C[C@@H](C)C(=O)N2CCCN(CCCc3ccccc3)CC2)n1. The summed E-state index contributed by atoms with van der Waals surface area (Å²) in [4.78, 5) is 21.8. The molecule has 1 aliphatic rings. The monoisotopic (exact) mass is 383 g/mol. The average molecular weight is 384 g/mol. The number of hydrogen-bond acceptors (Lipinski definition) is 4. The van der Waals surface area contributed by atoms with Crippen LogP contribution in [0.3, 0.4) is 0 Å². The summed E-state index contributed by atoms with van der Waals surface area (Å²) < 4.78 is 1.85. The first-order chi connectivity index (χ1) is 13.5. The molecule has 0 bridgehead atoms. The molecule has 1 amide bonds. The quantitative estimate of drug-likeness (QED) is 0.738. The molecule has 1 fully saturated rings. The van der Waals surface area contributed by atoms with Crippen molar-refractivity contribution in [1.82, 2.24) is 24.6 Å². The number of nitrogens with zero attached hydrogens (tertiary/aromatic N) is 5. The fourth-order valence-electron chi connectivity index (χ4n) is 3.95. The Morgan fingerprint density at radius 1 is 1.11 bits per heavy atom. The second-order valence-electron chi connectivity index (χ2n) is 7.90. The van der Waals surface area contributed by atoms with Gasteiger partial charge >= 0.3 is 0 Å². The van der Waals surface area contributed by atoms with Gasteiger partial charge in [-0.1, -0.05) is 37.3 Å². The molecule has 0 radical (unpaired) electrons. The predicted molar refractivity (Wildman–Crippen MR) is 111 cm³/mol. The van der Waals surface area contributed by atoms with Crippen molar-refractivity contribution in [3.8, 4) is 0 Å². The molecule has 1 aromatic carbocycles. The fourth-order valence-corrected chi connectivity index (χ4v) is 3.95. The molecule has 6 nitrogen and oxygen atoms in total. The topological polar surface area (TPSA) is 54.3 Å². The van der Waals surface area contributed by atoms with Crippen LogP contribution < -0.4 is 0 Å². The summed E-state index contributed by atoms with van der Waals surface area (Å²) >= 11 is 0. The molecule has 0 saturated carbocycles. The number of carbonyl (C=O) groups excluding carboxylic acids is 1. The van der Waals surface area contributed by atoms with Gasteiger partial charge < -0.3 is 9.80 Å². The first kappa shape index (κ1) is 20.5. The Morgan fingerprint density at radius 3 is 2.61 bits per heavy atom. The summed E-state index contributed by atoms with van der Waals surface area (Å²) in [6, 6.07) is 10.7. The fraction of sp³-hybridized carbons (Fsp3) is 0.591. The lowest BCUT2D eigenvalue weighted by molar-refractivity contribution is -0.135. The van der Waals surface area contributed by atoms with Crippen molar-refractivity contribution in [2.24, 2.45) is 5.92 Å². The van der Waals surface area contributed by atoms with Gasteiger partial charge in [-0.15, -0.1) is 0 Å². The van der Waals surface area contributed by atoms with Crippen molar-refractivity contribution in [2.45, 2.75) is 46.6 Å². The van der Waals surface area contributed by atoms with Crippen molar-refractivity contribution in [2.75, 3.05) is 32.7 Å². The van der Waals surface area contributed by atoms with Crippen LogP contribution >= 0.6 is 0 Å². The highest BCUT2D eigenvalue weighted by Gasteiger charge is 2.24. The lowest BCUT2D eigenvalue weighted by Crippen LogP contribution is -2.39. The van der Waals surface area contributed by atoms with E-state index in [1.165, 1.54) is 12.0 Å². The molecule has 0 spiro atoms. The molecule has 1 aliphatic heterocycles. The molecule has 1 saturated heterocycles. The van der Waals surface area contributed by atoms with Gasteiger partial charge in [-0.25, -0.2) is 9.67 Å². The van der Waals surface area contributed by atoms with Gasteiger partial charge in [-0.2, -0.15) is 5.10 Å². The molecule has 152 valence electrons. The zero-order chi connectivity index (χ0) is 19.9. The predicted octanol–water partition coefficient (Wildman–Crippen LogP) is 2.70. The standard InChI is InChI=1S/C22H33N5O/c1-18(17-27-20(3)23-19(2)24-27)22(28)26-14-8-13-25(15-16-26)12-7-11-21-9-5-4-6-10-21/h4-6,9-10,18H,7-8,11-17H2,1-3H3/t18-/m1/s1. The minimum absolute atomic E-state index is 0.0792. The van der Waals surface area contributed by atoms with Crippen LogP contribution in [0, 0.1) is 19.8 Å². The van der Waals surface area contributed by atoms with E-state index in [0.29, 0.717) is 6.54 Å². The van der Waals surface area contributed by atoms with Crippen molar-refractivity contribution < 1.29 is 4.79 Å². The lowest BCUT2D eigenvalue weighted by Gasteiger charge is -2.25. The number of rotatable bonds is 7. The minimum atomic E-state index is -0.0792. The van der Waals surface area contributed by atoms with Crippen molar-refractivity contribution in [3.63, 3.8) is 0 Å². The molecule has 2 heterocycles. The number of benzene rings is 1. The van der Waals surface area contributed by atoms with Gasteiger partial charge in [0.25, 0.3) is 0 Å². The van der Waals surface area contributed by atoms with Crippen LogP contribution in [0.25, 0.3) is 0 Å². The van der Waals surface area contributed by atoms with Crippen LogP contribution in [-0.2, 0) is 17.8 Å². The highest BCUT2D eigenvalue weighted by Crippen LogP contribution is 2.12. The van der Waals surface area contributed by atoms with E-state index in [9.17, 15) is 4.79 Å². The zero-order valence-electron chi connectivity index (χ0n) is 17.5. The van der Waals surface area contributed by atoms with Crippen LogP contribution in [-0.4, -0.2) is 63.2 Å². The van der Waals surface area contributed by atoms with Crippen LogP contribution in [0.2, 0.25) is 0 Å². The molecule has 6 heteroatoms. The molecule has 0 aliphatic carbocycles. The van der Waals surface area contributed by atoms with Crippen molar-refractivity contribution >= 4 is 5.91 Å². The third-order valence-corrected chi connectivity index (χ3v) is 5.51. The zero-order valence-corrected chi connectivity index (χ0v) is 17.5. The third-order valence-electron chi connectivity index (χ3n) is 5.51. The maximum Gasteiger partial charge on any atom is 0.227 e. The van der Waals surface area contributed by atoms with Gasteiger partial charge in [-0.3, -0.25) is 4.79 Å². The maximum atomic E-state index is 12.9. The minimum Gasteiger partial charge on any atom is -0.341 e. The first-order valence-corrected chi connectivity index (χ1v) is 10.5. The molecule has 0 unspecified atom stereocenters. The summed E-state index contributed by atoms with van der Waals surface area (Å²) in [5.74, 6) is 1.79. The molecule has 2 aromatic rings. The van der Waals surface area contributed by atoms with E-state index in [-0.39, 0.29) is 11.8 Å². The van der Waals surface area contributed by atoms with E-state index >= 15 is 0 Å². The van der Waals surface area contributed by atoms with Crippen LogP contribution in [0.4, 0.5) is 0 Å². The smallest absolute Gasteiger partial charge is 0.227 e. The summed E-state index contributed by atoms with van der Waals surface area (Å²) in [5.41, 5.74) is 1.40. The highest BCUT2D eigenvalue weighted by molar-refractivity contribution is 5.78. The third kappa shape index (κ3) is 5.64. The van der Waals surface area contributed by atoms with Gasteiger partial charge in [-0.05, 0) is 51.8 Å². The van der Waals surface area contributed by atoms with E-state index < -0.39 is 0 Å². The largest absolute Gasteiger partial charge is 0.341 e. The van der Waals surface area contributed by atoms with Crippen LogP contribution in [0.1, 0.15) is 37.0 Å². The Balaban J connectivity index is 1.44. The highest BCUT2D eigenvalue weighted by atomic mass is 16.2. The maximum absolute atomic E-state index is 12.9. The van der Waals surface area contributed by atoms with Crippen molar-refractivity contribution in [1.29, 1.82) is 0 Å². The summed E-state index contributed by atoms with van der Waals surface area (Å²) in [5, 5.41) is 4.39. The van der Waals surface area contributed by atoms with E-state index in [1.54, 1.807) is 0 Å². The second-order valence-corrected chi connectivity index (χ2v) is 7.90. The summed E-state index contributed by atoms with van der Waals surface area (Å²) in [7, 11) is 0. The Morgan fingerprint density at radius 2 is 1.89 bits per heavy atom. The molecular formula is C22H33N5O. The number of amides is 1. The normalized spacial score (nSPS) is 16.8. The van der Waals surface area contributed by atoms with E-state index in [2.05, 4.69) is 45.3 Å². The molecule has 3 rings (SSSR count). The van der Waals surface area contributed by atoms with Gasteiger partial charge in [0, 0.05) is 19.6 Å². The Bertz CT molecular complexity index is 758.